The third kappa shape index (κ3) is 4.03. The minimum atomic E-state index is -0.401. The van der Waals surface area contributed by atoms with Gasteiger partial charge < -0.3 is 4.42 Å². The first-order valence-electron chi connectivity index (χ1n) is 18.3. The monoisotopic (exact) mass is 601 g/mol. The molecule has 1 aromatic heterocycles. The van der Waals surface area contributed by atoms with Crippen LogP contribution in [-0.4, -0.2) is 0 Å². The summed E-state index contributed by atoms with van der Waals surface area (Å²) in [5.41, 5.74) is 6.64. The van der Waals surface area contributed by atoms with Crippen molar-refractivity contribution >= 4 is 65.0 Å². The van der Waals surface area contributed by atoms with Gasteiger partial charge in [-0.2, -0.15) is 0 Å². The van der Waals surface area contributed by atoms with Crippen molar-refractivity contribution in [3.8, 4) is 33.4 Å². The summed E-state index contributed by atoms with van der Waals surface area (Å²) in [6.07, 6.45) is 0. The summed E-state index contributed by atoms with van der Waals surface area (Å²) in [5.74, 6) is 0. The van der Waals surface area contributed by atoms with E-state index in [2.05, 4.69) is 103 Å². The van der Waals surface area contributed by atoms with Crippen molar-refractivity contribution in [2.75, 3.05) is 0 Å². The van der Waals surface area contributed by atoms with Gasteiger partial charge >= 0.3 is 0 Å². The molecule has 0 aliphatic rings. The lowest BCUT2D eigenvalue weighted by Crippen LogP contribution is -1.92. The number of benzene rings is 9. The Morgan fingerprint density at radius 2 is 0.915 bits per heavy atom. The fourth-order valence-corrected chi connectivity index (χ4v) is 7.41. The van der Waals surface area contributed by atoms with Crippen molar-refractivity contribution in [2.24, 2.45) is 0 Å². The lowest BCUT2D eigenvalue weighted by atomic mass is 9.84. The zero-order valence-electron chi connectivity index (χ0n) is 30.2. The van der Waals surface area contributed by atoms with Gasteiger partial charge in [0.25, 0.3) is 0 Å². The van der Waals surface area contributed by atoms with E-state index in [4.69, 9.17) is 11.3 Å². The van der Waals surface area contributed by atoms with E-state index in [1.165, 1.54) is 5.39 Å². The van der Waals surface area contributed by atoms with Crippen molar-refractivity contribution in [1.29, 1.82) is 0 Å². The van der Waals surface area contributed by atoms with Gasteiger partial charge in [0.15, 0.2) is 0 Å². The minimum Gasteiger partial charge on any atom is -0.456 e. The fourth-order valence-electron chi connectivity index (χ4n) is 7.41. The maximum absolute atomic E-state index is 8.87. The number of hydrogen-bond donors (Lipinski definition) is 0. The van der Waals surface area contributed by atoms with Crippen LogP contribution in [0.1, 0.15) is 6.85 Å². The molecule has 0 atom stereocenters. The molecule has 0 saturated carbocycles. The predicted molar refractivity (Wildman–Crippen MR) is 200 cm³/mol. The molecule has 47 heavy (non-hydrogen) atoms. The van der Waals surface area contributed by atoms with E-state index in [0.717, 1.165) is 81.9 Å². The second-order valence-electron chi connectivity index (χ2n) is 12.1. The van der Waals surface area contributed by atoms with E-state index in [9.17, 15) is 0 Å². The molecule has 10 rings (SSSR count). The molecule has 1 heterocycles. The van der Waals surface area contributed by atoms with Crippen LogP contribution in [0.15, 0.2) is 174 Å². The quantitative estimate of drug-likeness (QED) is 0.184. The van der Waals surface area contributed by atoms with Gasteiger partial charge in [-0.3, -0.25) is 0 Å². The van der Waals surface area contributed by atoms with Gasteiger partial charge in [-0.25, -0.2) is 0 Å². The van der Waals surface area contributed by atoms with Gasteiger partial charge in [-0.15, -0.1) is 0 Å². The summed E-state index contributed by atoms with van der Waals surface area (Å²) < 4.78 is 49.2. The normalized spacial score (nSPS) is 13.3. The summed E-state index contributed by atoms with van der Waals surface area (Å²) in [7, 11) is 0. The van der Waals surface area contributed by atoms with Crippen LogP contribution in [0.5, 0.6) is 0 Å². The maximum atomic E-state index is 8.87. The minimum absolute atomic E-state index is 0.197. The van der Waals surface area contributed by atoms with E-state index < -0.39 is 6.04 Å². The van der Waals surface area contributed by atoms with E-state index in [1.54, 1.807) is 0 Å². The number of rotatable bonds is 3. The second-order valence-corrected chi connectivity index (χ2v) is 12.1. The molecule has 218 valence electrons. The summed E-state index contributed by atoms with van der Waals surface area (Å²) in [6, 6.07) is 46.5. The molecule has 0 aliphatic heterocycles. The Hall–Kier alpha value is -6.18. The Balaban J connectivity index is 1.28. The number of hydrogen-bond acceptors (Lipinski definition) is 1. The highest BCUT2D eigenvalue weighted by Gasteiger charge is 2.19. The molecule has 0 aliphatic carbocycles. The Morgan fingerprint density at radius 3 is 1.60 bits per heavy atom. The van der Waals surface area contributed by atoms with E-state index in [1.807, 2.05) is 36.4 Å². The first-order chi connectivity index (χ1) is 25.4. The van der Waals surface area contributed by atoms with Crippen LogP contribution in [0.3, 0.4) is 0 Å². The summed E-state index contributed by atoms with van der Waals surface area (Å²) in [6.45, 7) is 0. The zero-order chi connectivity index (χ0) is 35.2. The predicted octanol–water partition coefficient (Wildman–Crippen LogP) is 13.2. The molecule has 0 bridgehead atoms. The SMILES string of the molecule is [2H]c1c([2H])c([2H])c(-c2cc(-c3c4ccccc4c(-c4ccc5oc6cc7ccccc7cc6c5c4)c4ccccc34)cc3ccccc23)c([2H])c1[2H]. The molecule has 9 aromatic carbocycles. The van der Waals surface area contributed by atoms with Gasteiger partial charge in [0.1, 0.15) is 11.2 Å². The molecule has 1 heteroatoms. The zero-order valence-corrected chi connectivity index (χ0v) is 25.2. The lowest BCUT2D eigenvalue weighted by molar-refractivity contribution is 0.669. The van der Waals surface area contributed by atoms with Crippen LogP contribution in [0.25, 0.3) is 98.4 Å². The first kappa shape index (κ1) is 21.5. The molecule has 0 amide bonds. The largest absolute Gasteiger partial charge is 0.456 e. The Labute approximate surface area is 279 Å². The van der Waals surface area contributed by atoms with Crippen molar-refractivity contribution in [3.05, 3.63) is 170 Å². The average molecular weight is 602 g/mol. The number of fused-ring (bicyclic) bond motifs is 7. The van der Waals surface area contributed by atoms with Crippen molar-refractivity contribution in [3.63, 3.8) is 0 Å². The summed E-state index contributed by atoms with van der Waals surface area (Å²) in [5, 5.41) is 10.5. The molecule has 0 N–H and O–H groups in total. The van der Waals surface area contributed by atoms with Gasteiger partial charge in [0.05, 0.1) is 6.85 Å². The highest BCUT2D eigenvalue weighted by atomic mass is 16.3. The molecule has 1 nitrogen and oxygen atoms in total. The standard InChI is InChI=1S/C46H28O/c1-2-12-29(13-3-1)40-27-34(24-32-16-6-7-17-35(32)40)46-38-20-10-8-18-36(38)45(37-19-9-11-21-39(37)46)33-22-23-43-41(26-33)42-25-30-14-4-5-15-31(30)28-44(42)47-43/h1-28H/i1D,2D,3D,12D,13D. The van der Waals surface area contributed by atoms with E-state index in [-0.39, 0.29) is 29.7 Å². The summed E-state index contributed by atoms with van der Waals surface area (Å²) in [4.78, 5) is 0. The molecule has 0 fully saturated rings. The van der Waals surface area contributed by atoms with Crippen LogP contribution < -0.4 is 0 Å². The van der Waals surface area contributed by atoms with Crippen LogP contribution in [0.2, 0.25) is 0 Å². The van der Waals surface area contributed by atoms with Crippen molar-refractivity contribution in [1.82, 2.24) is 0 Å². The Morgan fingerprint density at radius 1 is 0.362 bits per heavy atom. The third-order valence-corrected chi connectivity index (χ3v) is 9.48. The smallest absolute Gasteiger partial charge is 0.136 e. The third-order valence-electron chi connectivity index (χ3n) is 9.48. The molecule has 0 saturated heterocycles. The van der Waals surface area contributed by atoms with E-state index >= 15 is 0 Å². The molecular weight excluding hydrogens is 569 g/mol. The highest BCUT2D eigenvalue weighted by molar-refractivity contribution is 6.23. The van der Waals surface area contributed by atoms with Gasteiger partial charge in [-0.05, 0) is 113 Å². The van der Waals surface area contributed by atoms with Gasteiger partial charge in [-0.1, -0.05) is 133 Å². The molecule has 0 radical (unpaired) electrons. The summed E-state index contributed by atoms with van der Waals surface area (Å²) >= 11 is 0. The van der Waals surface area contributed by atoms with Crippen molar-refractivity contribution in [2.45, 2.75) is 0 Å². The highest BCUT2D eigenvalue weighted by Crippen LogP contribution is 2.46. The van der Waals surface area contributed by atoms with Crippen LogP contribution in [-0.2, 0) is 0 Å². The molecule has 10 aromatic rings. The Kier molecular flexibility index (Phi) is 4.66. The van der Waals surface area contributed by atoms with Gasteiger partial charge in [0, 0.05) is 10.8 Å². The van der Waals surface area contributed by atoms with Gasteiger partial charge in [0.2, 0.25) is 0 Å². The van der Waals surface area contributed by atoms with Crippen molar-refractivity contribution < 1.29 is 11.3 Å². The topological polar surface area (TPSA) is 13.1 Å². The molecule has 0 spiro atoms. The van der Waals surface area contributed by atoms with Crippen LogP contribution >= 0.6 is 0 Å². The Bertz CT molecular complexity index is 3050. The second kappa shape index (κ2) is 10.2. The molecule has 0 unspecified atom stereocenters. The number of furan rings is 1. The average Bonchev–Trinajstić information content (AvgIpc) is 3.53. The van der Waals surface area contributed by atoms with Crippen LogP contribution in [0.4, 0.5) is 0 Å². The fraction of sp³-hybridized carbons (Fsp3) is 0. The van der Waals surface area contributed by atoms with Crippen LogP contribution in [0, 0.1) is 0 Å². The van der Waals surface area contributed by atoms with E-state index in [0.29, 0.717) is 5.56 Å². The maximum Gasteiger partial charge on any atom is 0.136 e. The molecular formula is C46H28O. The first-order valence-corrected chi connectivity index (χ1v) is 15.8. The lowest BCUT2D eigenvalue weighted by Gasteiger charge is -2.19.